The van der Waals surface area contributed by atoms with Crippen LogP contribution in [0.3, 0.4) is 0 Å². The molecular formula is C21H17Cl2N5O2. The number of hydrogen-bond acceptors (Lipinski definition) is 5. The van der Waals surface area contributed by atoms with Crippen LogP contribution >= 0.6 is 23.2 Å². The molecule has 9 heteroatoms. The molecule has 0 atom stereocenters. The summed E-state index contributed by atoms with van der Waals surface area (Å²) < 4.78 is 7.24. The van der Waals surface area contributed by atoms with Crippen molar-refractivity contribution < 1.29 is 9.53 Å². The van der Waals surface area contributed by atoms with E-state index >= 15 is 0 Å². The van der Waals surface area contributed by atoms with E-state index in [4.69, 9.17) is 27.9 Å². The number of carbonyl (C=O) groups is 1. The smallest absolute Gasteiger partial charge is 0.231 e. The van der Waals surface area contributed by atoms with Crippen molar-refractivity contribution in [1.29, 1.82) is 0 Å². The van der Waals surface area contributed by atoms with Crippen molar-refractivity contribution in [2.75, 3.05) is 13.2 Å². The summed E-state index contributed by atoms with van der Waals surface area (Å²) in [5.41, 5.74) is 2.08. The van der Waals surface area contributed by atoms with Crippen LogP contribution in [0.2, 0.25) is 10.0 Å². The Hall–Kier alpha value is -3.16. The normalized spacial score (nSPS) is 10.9. The molecule has 0 fully saturated rings. The Labute approximate surface area is 182 Å². The molecule has 2 aromatic carbocycles. The second kappa shape index (κ2) is 9.11. The maximum absolute atomic E-state index is 12.1. The summed E-state index contributed by atoms with van der Waals surface area (Å²) in [6, 6.07) is 18.1. The Morgan fingerprint density at radius 3 is 2.53 bits per heavy atom. The number of hydrogen-bond donors (Lipinski definition) is 1. The van der Waals surface area contributed by atoms with Gasteiger partial charge in [0.25, 0.3) is 0 Å². The van der Waals surface area contributed by atoms with Gasteiger partial charge in [0, 0.05) is 16.7 Å². The molecular weight excluding hydrogens is 425 g/mol. The highest BCUT2D eigenvalue weighted by atomic mass is 35.5. The van der Waals surface area contributed by atoms with Crippen molar-refractivity contribution >= 4 is 34.8 Å². The monoisotopic (exact) mass is 441 g/mol. The Balaban J connectivity index is 1.37. The van der Waals surface area contributed by atoms with E-state index in [0.717, 1.165) is 11.1 Å². The summed E-state index contributed by atoms with van der Waals surface area (Å²) in [5.74, 6) is 0.778. The average Bonchev–Trinajstić information content (AvgIpc) is 3.16. The van der Waals surface area contributed by atoms with Crippen LogP contribution in [0, 0.1) is 0 Å². The van der Waals surface area contributed by atoms with Crippen LogP contribution in [-0.4, -0.2) is 38.9 Å². The number of benzene rings is 2. The number of amides is 1. The molecule has 7 nitrogen and oxygen atoms in total. The molecule has 2 heterocycles. The van der Waals surface area contributed by atoms with Crippen molar-refractivity contribution in [2.45, 2.75) is 6.42 Å². The van der Waals surface area contributed by atoms with Crippen LogP contribution in [-0.2, 0) is 11.2 Å². The van der Waals surface area contributed by atoms with E-state index in [1.165, 1.54) is 0 Å². The molecule has 0 spiro atoms. The third kappa shape index (κ3) is 4.53. The van der Waals surface area contributed by atoms with Gasteiger partial charge in [-0.15, -0.1) is 15.3 Å². The summed E-state index contributed by atoms with van der Waals surface area (Å²) in [6.07, 6.45) is 0.214. The summed E-state index contributed by atoms with van der Waals surface area (Å²) in [5, 5.41) is 16.7. The minimum atomic E-state index is -0.130. The Morgan fingerprint density at radius 1 is 0.967 bits per heavy atom. The van der Waals surface area contributed by atoms with Crippen molar-refractivity contribution in [1.82, 2.24) is 25.1 Å². The van der Waals surface area contributed by atoms with Crippen molar-refractivity contribution in [3.05, 3.63) is 76.3 Å². The molecule has 4 rings (SSSR count). The van der Waals surface area contributed by atoms with Crippen molar-refractivity contribution in [3.63, 3.8) is 0 Å². The van der Waals surface area contributed by atoms with Crippen LogP contribution in [0.25, 0.3) is 17.0 Å². The first-order valence-electron chi connectivity index (χ1n) is 9.22. The van der Waals surface area contributed by atoms with E-state index < -0.39 is 0 Å². The van der Waals surface area contributed by atoms with Gasteiger partial charge in [-0.1, -0.05) is 53.5 Å². The van der Waals surface area contributed by atoms with Gasteiger partial charge in [0.1, 0.15) is 6.61 Å². The summed E-state index contributed by atoms with van der Waals surface area (Å²) in [4.78, 5) is 12.1. The highest BCUT2D eigenvalue weighted by molar-refractivity contribution is 6.33. The van der Waals surface area contributed by atoms with E-state index in [9.17, 15) is 4.79 Å². The lowest BCUT2D eigenvalue weighted by molar-refractivity contribution is -0.120. The zero-order chi connectivity index (χ0) is 20.9. The number of carbonyl (C=O) groups excluding carboxylic acids is 1. The van der Waals surface area contributed by atoms with Gasteiger partial charge in [0.05, 0.1) is 18.0 Å². The second-order valence-electron chi connectivity index (χ2n) is 6.41. The number of halogens is 2. The Morgan fingerprint density at radius 2 is 1.73 bits per heavy atom. The number of fused-ring (bicyclic) bond motifs is 1. The molecule has 0 bridgehead atoms. The van der Waals surface area contributed by atoms with Gasteiger partial charge in [-0.2, -0.15) is 4.52 Å². The molecule has 0 aliphatic heterocycles. The predicted molar refractivity (Wildman–Crippen MR) is 115 cm³/mol. The first kappa shape index (κ1) is 20.1. The molecule has 0 saturated carbocycles. The predicted octanol–water partition coefficient (Wildman–Crippen LogP) is 3.84. The number of aromatic nitrogens is 4. The van der Waals surface area contributed by atoms with Gasteiger partial charge in [-0.3, -0.25) is 4.79 Å². The summed E-state index contributed by atoms with van der Waals surface area (Å²) in [7, 11) is 0. The van der Waals surface area contributed by atoms with Gasteiger partial charge in [0.15, 0.2) is 11.5 Å². The average molecular weight is 442 g/mol. The third-order valence-electron chi connectivity index (χ3n) is 4.34. The van der Waals surface area contributed by atoms with Crippen LogP contribution in [0.15, 0.2) is 60.7 Å². The molecule has 2 aromatic heterocycles. The topological polar surface area (TPSA) is 81.4 Å². The van der Waals surface area contributed by atoms with Gasteiger partial charge in [0.2, 0.25) is 11.8 Å². The van der Waals surface area contributed by atoms with Crippen LogP contribution in [0.1, 0.15) is 5.56 Å². The lowest BCUT2D eigenvalue weighted by atomic mass is 10.1. The van der Waals surface area contributed by atoms with Gasteiger partial charge in [-0.05, 0) is 29.8 Å². The number of nitrogens with one attached hydrogen (secondary N) is 1. The quantitative estimate of drug-likeness (QED) is 0.440. The van der Waals surface area contributed by atoms with Gasteiger partial charge < -0.3 is 10.1 Å². The van der Waals surface area contributed by atoms with Gasteiger partial charge in [-0.25, -0.2) is 0 Å². The largest absolute Gasteiger partial charge is 0.475 e. The third-order valence-corrected chi connectivity index (χ3v) is 5.03. The molecule has 0 saturated heterocycles. The summed E-state index contributed by atoms with van der Waals surface area (Å²) in [6.45, 7) is 0.596. The van der Waals surface area contributed by atoms with Crippen molar-refractivity contribution in [3.8, 4) is 17.3 Å². The van der Waals surface area contributed by atoms with E-state index in [0.29, 0.717) is 33.9 Å². The van der Waals surface area contributed by atoms with Crippen LogP contribution < -0.4 is 10.1 Å². The zero-order valence-corrected chi connectivity index (χ0v) is 17.3. The number of nitrogens with zero attached hydrogens (tertiary/aromatic N) is 4. The number of rotatable bonds is 7. The SMILES string of the molecule is O=C(Cc1ccccc1Cl)NCCOc1ccc2nnc(-c3ccccc3Cl)n2n1. The molecule has 0 aliphatic rings. The lowest BCUT2D eigenvalue weighted by Crippen LogP contribution is -2.29. The van der Waals surface area contributed by atoms with E-state index in [2.05, 4.69) is 20.6 Å². The second-order valence-corrected chi connectivity index (χ2v) is 7.23. The minimum absolute atomic E-state index is 0.130. The van der Waals surface area contributed by atoms with E-state index in [1.54, 1.807) is 28.8 Å². The van der Waals surface area contributed by atoms with E-state index in [-0.39, 0.29) is 18.9 Å². The highest BCUT2D eigenvalue weighted by Gasteiger charge is 2.13. The Kier molecular flexibility index (Phi) is 6.11. The Bertz CT molecular complexity index is 1190. The van der Waals surface area contributed by atoms with Crippen molar-refractivity contribution in [2.24, 2.45) is 0 Å². The fraction of sp³-hybridized carbons (Fsp3) is 0.143. The maximum atomic E-state index is 12.1. The molecule has 0 unspecified atom stereocenters. The molecule has 0 aliphatic carbocycles. The summed E-state index contributed by atoms with van der Waals surface area (Å²) >= 11 is 12.3. The molecule has 152 valence electrons. The molecule has 30 heavy (non-hydrogen) atoms. The molecule has 1 amide bonds. The fourth-order valence-corrected chi connectivity index (χ4v) is 3.31. The maximum Gasteiger partial charge on any atom is 0.231 e. The van der Waals surface area contributed by atoms with Crippen LogP contribution in [0.5, 0.6) is 5.88 Å². The standard InChI is InChI=1S/C21H17Cl2N5O2/c22-16-7-3-1-5-14(16)13-19(29)24-11-12-30-20-10-9-18-25-26-21(28(18)27-20)15-6-2-4-8-17(15)23/h1-10H,11-13H2,(H,24,29). The molecule has 0 radical (unpaired) electrons. The van der Waals surface area contributed by atoms with Gasteiger partial charge >= 0.3 is 0 Å². The highest BCUT2D eigenvalue weighted by Crippen LogP contribution is 2.26. The van der Waals surface area contributed by atoms with Crippen LogP contribution in [0.4, 0.5) is 0 Å². The molecule has 4 aromatic rings. The minimum Gasteiger partial charge on any atom is -0.475 e. The first-order chi connectivity index (χ1) is 14.6. The first-order valence-corrected chi connectivity index (χ1v) is 9.97. The number of ether oxygens (including phenoxy) is 1. The lowest BCUT2D eigenvalue weighted by Gasteiger charge is -2.08. The zero-order valence-electron chi connectivity index (χ0n) is 15.8. The van der Waals surface area contributed by atoms with E-state index in [1.807, 2.05) is 36.4 Å². The fourth-order valence-electron chi connectivity index (χ4n) is 2.88. The molecule has 1 N–H and O–H groups in total.